The fourth-order valence-electron chi connectivity index (χ4n) is 2.42. The molecule has 0 N–H and O–H groups in total. The van der Waals surface area contributed by atoms with Crippen molar-refractivity contribution in [2.45, 2.75) is 4.90 Å². The van der Waals surface area contributed by atoms with Crippen LogP contribution in [0.1, 0.15) is 0 Å². The molecule has 0 aliphatic carbocycles. The van der Waals surface area contributed by atoms with Gasteiger partial charge in [0.1, 0.15) is 4.90 Å². The maximum Gasteiger partial charge on any atom is 0.265 e. The summed E-state index contributed by atoms with van der Waals surface area (Å²) in [6.45, 7) is 0. The first-order valence-corrected chi connectivity index (χ1v) is 8.99. The van der Waals surface area contributed by atoms with E-state index in [2.05, 4.69) is 0 Å². The van der Waals surface area contributed by atoms with Crippen LogP contribution in [0.25, 0.3) is 10.9 Å². The Morgan fingerprint density at radius 3 is 2.48 bits per heavy atom. The van der Waals surface area contributed by atoms with Crippen LogP contribution < -0.4 is 4.31 Å². The van der Waals surface area contributed by atoms with E-state index in [4.69, 9.17) is 23.2 Å². The van der Waals surface area contributed by atoms with Gasteiger partial charge in [-0.2, -0.15) is 0 Å². The SMILES string of the molecule is CN(c1ccc2ccn(C)c2c1)S(=O)(=O)c1ccc(Cl)cc1Cl. The molecule has 0 aliphatic rings. The third kappa shape index (κ3) is 2.80. The zero-order valence-corrected chi connectivity index (χ0v) is 14.8. The van der Waals surface area contributed by atoms with Crippen LogP contribution in [0.3, 0.4) is 0 Å². The van der Waals surface area contributed by atoms with Crippen LogP contribution in [0, 0.1) is 0 Å². The Morgan fingerprint density at radius 1 is 1.04 bits per heavy atom. The summed E-state index contributed by atoms with van der Waals surface area (Å²) in [5.41, 5.74) is 1.51. The molecule has 4 nitrogen and oxygen atoms in total. The van der Waals surface area contributed by atoms with E-state index >= 15 is 0 Å². The lowest BCUT2D eigenvalue weighted by atomic mass is 10.2. The van der Waals surface area contributed by atoms with Crippen LogP contribution in [0.2, 0.25) is 10.0 Å². The van der Waals surface area contributed by atoms with Crippen molar-refractivity contribution in [2.24, 2.45) is 7.05 Å². The van der Waals surface area contributed by atoms with Crippen LogP contribution in [0.15, 0.2) is 53.6 Å². The molecule has 23 heavy (non-hydrogen) atoms. The summed E-state index contributed by atoms with van der Waals surface area (Å²) in [4.78, 5) is 0.0260. The maximum absolute atomic E-state index is 12.8. The monoisotopic (exact) mass is 368 g/mol. The average Bonchev–Trinajstić information content (AvgIpc) is 2.87. The molecule has 7 heteroatoms. The van der Waals surface area contributed by atoms with E-state index in [1.165, 1.54) is 29.6 Å². The highest BCUT2D eigenvalue weighted by Gasteiger charge is 2.24. The predicted octanol–water partition coefficient (Wildman–Crippen LogP) is 4.31. The lowest BCUT2D eigenvalue weighted by molar-refractivity contribution is 0.594. The summed E-state index contributed by atoms with van der Waals surface area (Å²) in [5.74, 6) is 0. The Hall–Kier alpha value is -1.69. The summed E-state index contributed by atoms with van der Waals surface area (Å²) in [6.07, 6.45) is 1.93. The Morgan fingerprint density at radius 2 is 1.78 bits per heavy atom. The first-order valence-electron chi connectivity index (χ1n) is 6.80. The number of anilines is 1. The highest BCUT2D eigenvalue weighted by atomic mass is 35.5. The molecule has 0 bridgehead atoms. The molecule has 120 valence electrons. The number of aryl methyl sites for hydroxylation is 1. The summed E-state index contributed by atoms with van der Waals surface area (Å²) in [6, 6.07) is 11.8. The molecule has 0 fully saturated rings. The van der Waals surface area contributed by atoms with E-state index in [1.54, 1.807) is 6.07 Å². The van der Waals surface area contributed by atoms with Gasteiger partial charge in [-0.25, -0.2) is 8.42 Å². The van der Waals surface area contributed by atoms with Crippen molar-refractivity contribution in [3.8, 4) is 0 Å². The minimum Gasteiger partial charge on any atom is -0.350 e. The number of hydrogen-bond donors (Lipinski definition) is 0. The smallest absolute Gasteiger partial charge is 0.265 e. The molecule has 0 unspecified atom stereocenters. The summed E-state index contributed by atoms with van der Waals surface area (Å²) in [5, 5.41) is 1.54. The van der Waals surface area contributed by atoms with Crippen LogP contribution in [0.4, 0.5) is 5.69 Å². The number of sulfonamides is 1. The molecule has 0 aliphatic heterocycles. The number of aromatic nitrogens is 1. The first-order chi connectivity index (χ1) is 10.8. The van der Waals surface area contributed by atoms with Gasteiger partial charge in [0.25, 0.3) is 10.0 Å². The third-order valence-corrected chi connectivity index (χ3v) is 6.27. The zero-order valence-electron chi connectivity index (χ0n) is 12.5. The Kier molecular flexibility index (Phi) is 4.04. The molecule has 0 spiro atoms. The van der Waals surface area contributed by atoms with Gasteiger partial charge in [0.2, 0.25) is 0 Å². The molecule has 0 saturated heterocycles. The van der Waals surface area contributed by atoms with Crippen molar-refractivity contribution in [3.63, 3.8) is 0 Å². The normalized spacial score (nSPS) is 11.8. The topological polar surface area (TPSA) is 42.3 Å². The standard InChI is InChI=1S/C16H14Cl2N2O2S/c1-19-8-7-11-3-5-13(10-15(11)19)20(2)23(21,22)16-6-4-12(17)9-14(16)18/h3-10H,1-2H3. The van der Waals surface area contributed by atoms with Crippen molar-refractivity contribution in [2.75, 3.05) is 11.4 Å². The second kappa shape index (κ2) is 5.74. The van der Waals surface area contributed by atoms with Crippen molar-refractivity contribution < 1.29 is 8.42 Å². The number of halogens is 2. The van der Waals surface area contributed by atoms with Gasteiger partial charge in [0.05, 0.1) is 10.7 Å². The van der Waals surface area contributed by atoms with Crippen LogP contribution in [-0.2, 0) is 17.1 Å². The van der Waals surface area contributed by atoms with Gasteiger partial charge >= 0.3 is 0 Å². The zero-order chi connectivity index (χ0) is 16.8. The fourth-order valence-corrected chi connectivity index (χ4v) is 4.35. The first kappa shape index (κ1) is 16.2. The van der Waals surface area contributed by atoms with Gasteiger partial charge < -0.3 is 4.57 Å². The predicted molar refractivity (Wildman–Crippen MR) is 95.0 cm³/mol. The largest absolute Gasteiger partial charge is 0.350 e. The van der Waals surface area contributed by atoms with Crippen LogP contribution >= 0.6 is 23.2 Å². The van der Waals surface area contributed by atoms with Gasteiger partial charge in [-0.05, 0) is 41.8 Å². The molecule has 1 heterocycles. The number of nitrogens with zero attached hydrogens (tertiary/aromatic N) is 2. The lowest BCUT2D eigenvalue weighted by Gasteiger charge is -2.20. The van der Waals surface area contributed by atoms with Gasteiger partial charge in [-0.15, -0.1) is 0 Å². The molecule has 0 amide bonds. The molecule has 3 rings (SSSR count). The fraction of sp³-hybridized carbons (Fsp3) is 0.125. The molecular formula is C16H14Cl2N2O2S. The van der Waals surface area contributed by atoms with Crippen LogP contribution in [0.5, 0.6) is 0 Å². The lowest BCUT2D eigenvalue weighted by Crippen LogP contribution is -2.26. The molecule has 0 saturated carbocycles. The maximum atomic E-state index is 12.8. The Balaban J connectivity index is 2.09. The highest BCUT2D eigenvalue weighted by Crippen LogP contribution is 2.30. The number of benzene rings is 2. The molecule has 2 aromatic carbocycles. The molecule has 3 aromatic rings. The summed E-state index contributed by atoms with van der Waals surface area (Å²) < 4.78 is 28.8. The van der Waals surface area contributed by atoms with E-state index in [1.807, 2.05) is 36.0 Å². The number of hydrogen-bond acceptors (Lipinski definition) is 2. The Labute approximate surface area is 144 Å². The van der Waals surface area contributed by atoms with Crippen molar-refractivity contribution in [1.82, 2.24) is 4.57 Å². The quantitative estimate of drug-likeness (QED) is 0.691. The van der Waals surface area contributed by atoms with E-state index < -0.39 is 10.0 Å². The Bertz CT molecular complexity index is 996. The van der Waals surface area contributed by atoms with Crippen molar-refractivity contribution >= 4 is 49.8 Å². The van der Waals surface area contributed by atoms with Crippen molar-refractivity contribution in [1.29, 1.82) is 0 Å². The minimum absolute atomic E-state index is 0.0260. The van der Waals surface area contributed by atoms with Gasteiger partial charge in [0, 0.05) is 30.8 Å². The molecule has 1 aromatic heterocycles. The highest BCUT2D eigenvalue weighted by molar-refractivity contribution is 7.93. The minimum atomic E-state index is -3.77. The molecular weight excluding hydrogens is 355 g/mol. The summed E-state index contributed by atoms with van der Waals surface area (Å²) >= 11 is 11.9. The van der Waals surface area contributed by atoms with E-state index in [9.17, 15) is 8.42 Å². The van der Waals surface area contributed by atoms with Gasteiger partial charge in [-0.1, -0.05) is 29.3 Å². The van der Waals surface area contributed by atoms with Gasteiger partial charge in [-0.3, -0.25) is 4.31 Å². The second-order valence-electron chi connectivity index (χ2n) is 5.22. The molecule has 0 radical (unpaired) electrons. The van der Waals surface area contributed by atoms with Crippen molar-refractivity contribution in [3.05, 3.63) is 58.7 Å². The van der Waals surface area contributed by atoms with Crippen LogP contribution in [-0.4, -0.2) is 20.0 Å². The summed E-state index contributed by atoms with van der Waals surface area (Å²) in [7, 11) is -0.353. The average molecular weight is 369 g/mol. The van der Waals surface area contributed by atoms with E-state index in [0.717, 1.165) is 10.9 Å². The molecule has 0 atom stereocenters. The van der Waals surface area contributed by atoms with E-state index in [-0.39, 0.29) is 9.92 Å². The van der Waals surface area contributed by atoms with E-state index in [0.29, 0.717) is 10.7 Å². The third-order valence-electron chi connectivity index (χ3n) is 3.77. The van der Waals surface area contributed by atoms with Gasteiger partial charge in [0.15, 0.2) is 0 Å². The second-order valence-corrected chi connectivity index (χ2v) is 8.00. The number of fused-ring (bicyclic) bond motifs is 1. The number of rotatable bonds is 3.